The molecule has 1 fully saturated rings. The van der Waals surface area contributed by atoms with Gasteiger partial charge in [0.2, 0.25) is 0 Å². The average molecular weight is 352 g/mol. The molecule has 6 nitrogen and oxygen atoms in total. The number of amides is 1. The van der Waals surface area contributed by atoms with Crippen LogP contribution in [0.5, 0.6) is 0 Å². The van der Waals surface area contributed by atoms with Gasteiger partial charge in [0, 0.05) is 12.5 Å². The first-order chi connectivity index (χ1) is 12.6. The highest BCUT2D eigenvalue weighted by atomic mass is 16.6. The van der Waals surface area contributed by atoms with Crippen LogP contribution in [-0.2, 0) is 9.53 Å². The lowest BCUT2D eigenvalue weighted by Crippen LogP contribution is -2.48. The third-order valence-electron chi connectivity index (χ3n) is 5.12. The molecular weight excluding hydrogens is 332 g/mol. The van der Waals surface area contributed by atoms with Crippen LogP contribution in [0.25, 0.3) is 11.1 Å². The fraction of sp³-hybridized carbons (Fsp3) is 0.300. The number of carbonyl (C=O) groups excluding carboxylic acids is 1. The molecule has 2 aromatic rings. The second-order valence-electron chi connectivity index (χ2n) is 6.63. The molecular formula is C20H20N2O4. The van der Waals surface area contributed by atoms with Crippen molar-refractivity contribution in [3.8, 4) is 11.1 Å². The van der Waals surface area contributed by atoms with Crippen LogP contribution in [0.15, 0.2) is 48.5 Å². The van der Waals surface area contributed by atoms with E-state index in [1.165, 1.54) is 16.1 Å². The van der Waals surface area contributed by atoms with E-state index in [-0.39, 0.29) is 12.5 Å². The summed E-state index contributed by atoms with van der Waals surface area (Å²) < 4.78 is 5.45. The number of hydrogen-bond acceptors (Lipinski definition) is 4. The summed E-state index contributed by atoms with van der Waals surface area (Å²) in [6.07, 6.45) is 0.652. The Bertz CT molecular complexity index is 806. The number of carboxylic acid groups (broad SMARTS) is 1. The predicted molar refractivity (Wildman–Crippen MR) is 95.6 cm³/mol. The maximum Gasteiger partial charge on any atom is 0.421 e. The molecule has 1 aliphatic carbocycles. The number of hydrogen-bond donors (Lipinski definition) is 2. The van der Waals surface area contributed by atoms with Gasteiger partial charge in [0.1, 0.15) is 12.6 Å². The van der Waals surface area contributed by atoms with Crippen molar-refractivity contribution in [3.05, 3.63) is 59.7 Å². The molecule has 4 rings (SSSR count). The van der Waals surface area contributed by atoms with Crippen LogP contribution in [0.1, 0.15) is 29.9 Å². The van der Waals surface area contributed by atoms with E-state index in [0.717, 1.165) is 17.5 Å². The average Bonchev–Trinajstić information content (AvgIpc) is 3.23. The summed E-state index contributed by atoms with van der Waals surface area (Å²) in [7, 11) is 0. The van der Waals surface area contributed by atoms with Gasteiger partial charge in [0.05, 0.1) is 0 Å². The lowest BCUT2D eigenvalue weighted by Gasteiger charge is -2.22. The van der Waals surface area contributed by atoms with E-state index >= 15 is 0 Å². The van der Waals surface area contributed by atoms with Crippen LogP contribution in [0.3, 0.4) is 0 Å². The molecule has 1 unspecified atom stereocenters. The van der Waals surface area contributed by atoms with Gasteiger partial charge in [-0.15, -0.1) is 0 Å². The van der Waals surface area contributed by atoms with Crippen LogP contribution < -0.4 is 5.43 Å². The van der Waals surface area contributed by atoms with Gasteiger partial charge in [-0.3, -0.25) is 10.2 Å². The number of benzene rings is 2. The van der Waals surface area contributed by atoms with Crippen molar-refractivity contribution in [1.82, 2.24) is 10.4 Å². The molecule has 0 bridgehead atoms. The highest BCUT2D eigenvalue weighted by molar-refractivity contribution is 5.79. The second kappa shape index (κ2) is 6.80. The first-order valence-corrected chi connectivity index (χ1v) is 8.76. The Hall–Kier alpha value is -2.86. The number of hydrazine groups is 1. The van der Waals surface area contributed by atoms with E-state index in [1.807, 2.05) is 24.3 Å². The van der Waals surface area contributed by atoms with Crippen LogP contribution in [-0.4, -0.2) is 41.4 Å². The molecule has 1 aliphatic heterocycles. The normalized spacial score (nSPS) is 19.0. The summed E-state index contributed by atoms with van der Waals surface area (Å²) in [5.74, 6) is -0.941. The van der Waals surface area contributed by atoms with E-state index < -0.39 is 18.1 Å². The lowest BCUT2D eigenvalue weighted by molar-refractivity contribution is -0.142. The molecule has 26 heavy (non-hydrogen) atoms. The summed E-state index contributed by atoms with van der Waals surface area (Å²) in [5.41, 5.74) is 7.20. The molecule has 2 aliphatic rings. The zero-order valence-electron chi connectivity index (χ0n) is 14.2. The van der Waals surface area contributed by atoms with E-state index in [4.69, 9.17) is 4.74 Å². The highest BCUT2D eigenvalue weighted by Crippen LogP contribution is 2.44. The number of carboxylic acids is 1. The Morgan fingerprint density at radius 3 is 2.31 bits per heavy atom. The van der Waals surface area contributed by atoms with E-state index in [9.17, 15) is 14.7 Å². The van der Waals surface area contributed by atoms with Crippen LogP contribution in [0.4, 0.5) is 4.79 Å². The van der Waals surface area contributed by atoms with Crippen molar-refractivity contribution in [1.29, 1.82) is 0 Å². The van der Waals surface area contributed by atoms with Crippen LogP contribution in [0, 0.1) is 0 Å². The Balaban J connectivity index is 1.45. The standard InChI is InChI=1S/C20H20N2O4/c23-19(24)18-10-5-11-22(18)21-20(25)26-12-17-15-8-3-1-6-13(15)14-7-2-4-9-16(14)17/h1-4,6-9,17-18H,5,10-12H2,(H,21,25)(H,23,24). The van der Waals surface area contributed by atoms with Crippen molar-refractivity contribution in [2.75, 3.05) is 13.2 Å². The molecule has 0 spiro atoms. The maximum atomic E-state index is 12.2. The number of fused-ring (bicyclic) bond motifs is 3. The number of carbonyl (C=O) groups is 2. The number of nitrogens with zero attached hydrogens (tertiary/aromatic N) is 1. The molecule has 0 saturated carbocycles. The highest BCUT2D eigenvalue weighted by Gasteiger charge is 2.33. The van der Waals surface area contributed by atoms with Gasteiger partial charge in [-0.25, -0.2) is 9.80 Å². The first-order valence-electron chi connectivity index (χ1n) is 8.76. The molecule has 1 heterocycles. The molecule has 1 saturated heterocycles. The van der Waals surface area contributed by atoms with Gasteiger partial charge >= 0.3 is 12.1 Å². The minimum atomic E-state index is -0.929. The molecule has 1 amide bonds. The number of aliphatic carboxylic acids is 1. The minimum absolute atomic E-state index is 0.0120. The summed E-state index contributed by atoms with van der Waals surface area (Å²) >= 11 is 0. The molecule has 1 atom stereocenters. The molecule has 0 aromatic heterocycles. The van der Waals surface area contributed by atoms with Crippen molar-refractivity contribution in [2.24, 2.45) is 0 Å². The third kappa shape index (κ3) is 2.93. The van der Waals surface area contributed by atoms with Gasteiger partial charge in [-0.05, 0) is 35.1 Å². The Morgan fingerprint density at radius 1 is 1.08 bits per heavy atom. The summed E-state index contributed by atoms with van der Waals surface area (Å²) in [6.45, 7) is 0.729. The summed E-state index contributed by atoms with van der Waals surface area (Å²) in [5, 5.41) is 10.6. The maximum absolute atomic E-state index is 12.2. The Labute approximate surface area is 151 Å². The molecule has 2 N–H and O–H groups in total. The molecule has 6 heteroatoms. The van der Waals surface area contributed by atoms with Crippen molar-refractivity contribution in [3.63, 3.8) is 0 Å². The molecule has 0 radical (unpaired) electrons. The third-order valence-corrected chi connectivity index (χ3v) is 5.12. The van der Waals surface area contributed by atoms with Crippen molar-refractivity contribution >= 4 is 12.1 Å². The number of nitrogens with one attached hydrogen (secondary N) is 1. The van der Waals surface area contributed by atoms with Gasteiger partial charge < -0.3 is 9.84 Å². The zero-order valence-corrected chi connectivity index (χ0v) is 14.2. The largest absolute Gasteiger partial charge is 0.480 e. The Morgan fingerprint density at radius 2 is 1.69 bits per heavy atom. The first kappa shape index (κ1) is 16.6. The minimum Gasteiger partial charge on any atom is -0.480 e. The Kier molecular flexibility index (Phi) is 4.34. The number of rotatable bonds is 4. The molecule has 134 valence electrons. The lowest BCUT2D eigenvalue weighted by atomic mass is 9.98. The van der Waals surface area contributed by atoms with Crippen LogP contribution >= 0.6 is 0 Å². The molecule has 2 aromatic carbocycles. The predicted octanol–water partition coefficient (Wildman–Crippen LogP) is 2.99. The van der Waals surface area contributed by atoms with E-state index in [0.29, 0.717) is 13.0 Å². The summed E-state index contributed by atoms with van der Waals surface area (Å²) in [6, 6.07) is 15.6. The number of ether oxygens (including phenoxy) is 1. The van der Waals surface area contributed by atoms with Gasteiger partial charge in [0.15, 0.2) is 0 Å². The fourth-order valence-corrected chi connectivity index (χ4v) is 3.91. The zero-order chi connectivity index (χ0) is 18.1. The van der Waals surface area contributed by atoms with Gasteiger partial charge in [0.25, 0.3) is 0 Å². The topological polar surface area (TPSA) is 78.9 Å². The summed E-state index contributed by atoms with van der Waals surface area (Å²) in [4.78, 5) is 23.4. The van der Waals surface area contributed by atoms with Crippen molar-refractivity contribution in [2.45, 2.75) is 24.8 Å². The monoisotopic (exact) mass is 352 g/mol. The van der Waals surface area contributed by atoms with Gasteiger partial charge in [-0.1, -0.05) is 48.5 Å². The van der Waals surface area contributed by atoms with Gasteiger partial charge in [-0.2, -0.15) is 0 Å². The van der Waals surface area contributed by atoms with Crippen molar-refractivity contribution < 1.29 is 19.4 Å². The second-order valence-corrected chi connectivity index (χ2v) is 6.63. The smallest absolute Gasteiger partial charge is 0.421 e. The SMILES string of the molecule is O=C(NN1CCCC1C(=O)O)OCC1c2ccccc2-c2ccccc21. The fourth-order valence-electron chi connectivity index (χ4n) is 3.91. The van der Waals surface area contributed by atoms with E-state index in [2.05, 4.69) is 29.7 Å². The van der Waals surface area contributed by atoms with Crippen LogP contribution in [0.2, 0.25) is 0 Å². The van der Waals surface area contributed by atoms with E-state index in [1.54, 1.807) is 0 Å². The quantitative estimate of drug-likeness (QED) is 0.884.